The Morgan fingerprint density at radius 1 is 0.912 bits per heavy atom. The molecular formula is C27H30FNO4S. The lowest BCUT2D eigenvalue weighted by molar-refractivity contribution is -0.135. The molecule has 5 nitrogen and oxygen atoms in total. The second kappa shape index (κ2) is 11.3. The molecule has 0 fully saturated rings. The predicted molar refractivity (Wildman–Crippen MR) is 130 cm³/mol. The molecule has 3 rings (SSSR count). The number of hydrogen-bond donors (Lipinski definition) is 0. The van der Waals surface area contributed by atoms with E-state index in [-0.39, 0.29) is 28.5 Å². The van der Waals surface area contributed by atoms with Crippen LogP contribution in [0, 0.1) is 5.82 Å². The first-order chi connectivity index (χ1) is 16.2. The Bertz CT molecular complexity index is 1180. The monoisotopic (exact) mass is 483 g/mol. The van der Waals surface area contributed by atoms with Crippen molar-refractivity contribution in [3.05, 3.63) is 95.8 Å². The van der Waals surface area contributed by atoms with Crippen molar-refractivity contribution in [2.45, 2.75) is 57.0 Å². The Kier molecular flexibility index (Phi) is 8.45. The van der Waals surface area contributed by atoms with Crippen molar-refractivity contribution in [3.63, 3.8) is 0 Å². The number of halogens is 1. The van der Waals surface area contributed by atoms with Crippen molar-refractivity contribution >= 4 is 16.0 Å². The summed E-state index contributed by atoms with van der Waals surface area (Å²) in [6.45, 7) is 6.49. The molecule has 180 valence electrons. The molecule has 0 aliphatic carbocycles. The number of carbonyl (C=O) groups excluding carboxylic acids is 1. The van der Waals surface area contributed by atoms with E-state index >= 15 is 0 Å². The average Bonchev–Trinajstić information content (AvgIpc) is 2.84. The number of hydrogen-bond acceptors (Lipinski definition) is 4. The second-order valence-corrected chi connectivity index (χ2v) is 9.78. The van der Waals surface area contributed by atoms with Gasteiger partial charge in [-0.3, -0.25) is 4.79 Å². The van der Waals surface area contributed by atoms with E-state index in [0.29, 0.717) is 13.0 Å². The van der Waals surface area contributed by atoms with E-state index in [9.17, 15) is 17.6 Å². The predicted octanol–water partition coefficient (Wildman–Crippen LogP) is 5.91. The van der Waals surface area contributed by atoms with Crippen molar-refractivity contribution < 1.29 is 21.8 Å². The third-order valence-corrected chi connectivity index (χ3v) is 7.16. The minimum absolute atomic E-state index is 0.0417. The third kappa shape index (κ3) is 6.23. The molecule has 34 heavy (non-hydrogen) atoms. The molecule has 2 atom stereocenters. The van der Waals surface area contributed by atoms with Gasteiger partial charge in [0, 0.05) is 12.6 Å². The van der Waals surface area contributed by atoms with Gasteiger partial charge >= 0.3 is 10.1 Å². The van der Waals surface area contributed by atoms with Crippen LogP contribution in [0.5, 0.6) is 5.75 Å². The maximum atomic E-state index is 13.5. The number of amides is 1. The Balaban J connectivity index is 1.76. The Morgan fingerprint density at radius 3 is 2.09 bits per heavy atom. The highest BCUT2D eigenvalue weighted by Crippen LogP contribution is 2.26. The zero-order valence-electron chi connectivity index (χ0n) is 19.6. The van der Waals surface area contributed by atoms with Gasteiger partial charge in [0.1, 0.15) is 16.5 Å². The van der Waals surface area contributed by atoms with E-state index in [0.717, 1.165) is 41.8 Å². The lowest BCUT2D eigenvalue weighted by Gasteiger charge is -2.32. The Morgan fingerprint density at radius 2 is 1.53 bits per heavy atom. The van der Waals surface area contributed by atoms with Gasteiger partial charge in [0.15, 0.2) is 0 Å². The van der Waals surface area contributed by atoms with E-state index in [1.807, 2.05) is 56.0 Å². The topological polar surface area (TPSA) is 63.7 Å². The maximum absolute atomic E-state index is 13.5. The first kappa shape index (κ1) is 25.4. The molecule has 0 saturated carbocycles. The molecule has 0 aromatic heterocycles. The van der Waals surface area contributed by atoms with Crippen LogP contribution in [0.3, 0.4) is 0 Å². The molecule has 2 unspecified atom stereocenters. The molecular weight excluding hydrogens is 453 g/mol. The summed E-state index contributed by atoms with van der Waals surface area (Å²) in [6.07, 6.45) is 1.51. The van der Waals surface area contributed by atoms with E-state index in [2.05, 4.69) is 0 Å². The van der Waals surface area contributed by atoms with Gasteiger partial charge in [-0.2, -0.15) is 8.42 Å². The largest absolute Gasteiger partial charge is 0.379 e. The van der Waals surface area contributed by atoms with Crippen LogP contribution >= 0.6 is 0 Å². The van der Waals surface area contributed by atoms with Crippen molar-refractivity contribution in [1.82, 2.24) is 4.90 Å². The van der Waals surface area contributed by atoms with Crippen LogP contribution < -0.4 is 4.18 Å². The summed E-state index contributed by atoms with van der Waals surface area (Å²) in [4.78, 5) is 15.3. The first-order valence-electron chi connectivity index (χ1n) is 11.4. The molecule has 0 radical (unpaired) electrons. The molecule has 0 N–H and O–H groups in total. The van der Waals surface area contributed by atoms with Gasteiger partial charge in [-0.1, -0.05) is 56.3 Å². The Labute approximate surface area is 201 Å². The standard InChI is InChI=1S/C27H30FNO4S/c1-4-20(3)29(27(30)26(5-2)22-9-7-6-8-10-22)19-21-11-15-24(16-12-21)33-34(31,32)25-17-13-23(28)14-18-25/h6-18,20,26H,4-5,19H2,1-3H3. The highest BCUT2D eigenvalue weighted by atomic mass is 32.2. The summed E-state index contributed by atoms with van der Waals surface area (Å²) < 4.78 is 43.2. The van der Waals surface area contributed by atoms with Crippen molar-refractivity contribution in [2.75, 3.05) is 0 Å². The molecule has 7 heteroatoms. The molecule has 0 bridgehead atoms. The smallest absolute Gasteiger partial charge is 0.339 e. The van der Waals surface area contributed by atoms with E-state index in [1.54, 1.807) is 24.3 Å². The highest BCUT2D eigenvalue weighted by Gasteiger charge is 2.27. The summed E-state index contributed by atoms with van der Waals surface area (Å²) in [5.41, 5.74) is 1.86. The van der Waals surface area contributed by atoms with Crippen LogP contribution in [0.4, 0.5) is 4.39 Å². The van der Waals surface area contributed by atoms with Crippen LogP contribution in [0.25, 0.3) is 0 Å². The summed E-state index contributed by atoms with van der Waals surface area (Å²) in [7, 11) is -4.07. The Hall–Kier alpha value is -3.19. The molecule has 0 heterocycles. The first-order valence-corrected chi connectivity index (χ1v) is 12.8. The number of benzene rings is 3. The second-order valence-electron chi connectivity index (χ2n) is 8.23. The van der Waals surface area contributed by atoms with Gasteiger partial charge in [0.05, 0.1) is 5.92 Å². The van der Waals surface area contributed by atoms with Gasteiger partial charge in [-0.25, -0.2) is 4.39 Å². The molecule has 1 amide bonds. The van der Waals surface area contributed by atoms with E-state index in [1.165, 1.54) is 0 Å². The number of nitrogens with zero attached hydrogens (tertiary/aromatic N) is 1. The number of rotatable bonds is 10. The normalized spacial score (nSPS) is 13.2. The fraction of sp³-hybridized carbons (Fsp3) is 0.296. The van der Waals surface area contributed by atoms with E-state index in [4.69, 9.17) is 4.18 Å². The fourth-order valence-corrected chi connectivity index (χ4v) is 4.66. The quantitative estimate of drug-likeness (QED) is 0.336. The highest BCUT2D eigenvalue weighted by molar-refractivity contribution is 7.87. The van der Waals surface area contributed by atoms with Crippen LogP contribution in [-0.2, 0) is 21.5 Å². The summed E-state index contributed by atoms with van der Waals surface area (Å²) in [5.74, 6) is -0.535. The molecule has 0 aliphatic rings. The van der Waals surface area contributed by atoms with Crippen LogP contribution in [0.15, 0.2) is 83.8 Å². The van der Waals surface area contributed by atoms with Crippen LogP contribution in [-0.4, -0.2) is 25.3 Å². The van der Waals surface area contributed by atoms with Gasteiger partial charge in [-0.05, 0) is 67.3 Å². The lowest BCUT2D eigenvalue weighted by atomic mass is 9.94. The zero-order chi connectivity index (χ0) is 24.7. The van der Waals surface area contributed by atoms with Gasteiger partial charge in [-0.15, -0.1) is 0 Å². The van der Waals surface area contributed by atoms with Gasteiger partial charge in [0.2, 0.25) is 5.91 Å². The van der Waals surface area contributed by atoms with Gasteiger partial charge in [0.25, 0.3) is 0 Å². The van der Waals surface area contributed by atoms with Crippen molar-refractivity contribution in [1.29, 1.82) is 0 Å². The zero-order valence-corrected chi connectivity index (χ0v) is 20.5. The van der Waals surface area contributed by atoms with Crippen LogP contribution in [0.2, 0.25) is 0 Å². The SMILES string of the molecule is CCC(C(=O)N(Cc1ccc(OS(=O)(=O)c2ccc(F)cc2)cc1)C(C)CC)c1ccccc1. The maximum Gasteiger partial charge on any atom is 0.339 e. The van der Waals surface area contributed by atoms with Crippen molar-refractivity contribution in [2.24, 2.45) is 0 Å². The van der Waals surface area contributed by atoms with Gasteiger partial charge < -0.3 is 9.08 Å². The summed E-state index contributed by atoms with van der Waals surface area (Å²) in [5, 5.41) is 0. The number of carbonyl (C=O) groups is 1. The van der Waals surface area contributed by atoms with Crippen molar-refractivity contribution in [3.8, 4) is 5.75 Å². The lowest BCUT2D eigenvalue weighted by Crippen LogP contribution is -2.40. The fourth-order valence-electron chi connectivity index (χ4n) is 3.73. The average molecular weight is 484 g/mol. The molecule has 0 aliphatic heterocycles. The van der Waals surface area contributed by atoms with Crippen LogP contribution in [0.1, 0.15) is 50.7 Å². The minimum Gasteiger partial charge on any atom is -0.379 e. The molecule has 3 aromatic carbocycles. The summed E-state index contributed by atoms with van der Waals surface area (Å²) in [6, 6.07) is 20.9. The molecule has 0 saturated heterocycles. The van der Waals surface area contributed by atoms with E-state index < -0.39 is 15.9 Å². The molecule has 0 spiro atoms. The molecule has 3 aromatic rings. The minimum atomic E-state index is -4.07. The summed E-state index contributed by atoms with van der Waals surface area (Å²) >= 11 is 0. The third-order valence-electron chi connectivity index (χ3n) is 5.90.